The molecule has 2 aromatic rings. The number of carbonyl (C=O) groups is 2. The van der Waals surface area contributed by atoms with Crippen molar-refractivity contribution in [3.05, 3.63) is 33.9 Å². The first kappa shape index (κ1) is 28.1. The Balaban J connectivity index is 1.53. The first-order valence-electron chi connectivity index (χ1n) is 13.1. The lowest BCUT2D eigenvalue weighted by Gasteiger charge is -2.30. The number of hydrogen-bond donors (Lipinski definition) is 1. The number of benzene rings is 1. The van der Waals surface area contributed by atoms with Crippen LogP contribution in [-0.2, 0) is 14.1 Å². The summed E-state index contributed by atoms with van der Waals surface area (Å²) in [5.41, 5.74) is -2.62. The number of nitrogens with zero attached hydrogens (tertiary/aromatic N) is 2. The van der Waals surface area contributed by atoms with Gasteiger partial charge in [-0.2, -0.15) is 0 Å². The summed E-state index contributed by atoms with van der Waals surface area (Å²) in [5.74, 6) is -2.20. The van der Waals surface area contributed by atoms with Crippen LogP contribution < -0.4 is 20.4 Å². The molecule has 2 unspecified atom stereocenters. The first-order valence-corrected chi connectivity index (χ1v) is 13.1. The van der Waals surface area contributed by atoms with Gasteiger partial charge in [0.2, 0.25) is 5.43 Å². The lowest BCUT2D eigenvalue weighted by molar-refractivity contribution is -0.000283. The number of ether oxygens (including phenoxy) is 3. The maximum absolute atomic E-state index is 15.9. The molecule has 0 radical (unpaired) electrons. The van der Waals surface area contributed by atoms with E-state index in [1.807, 2.05) is 0 Å². The van der Waals surface area contributed by atoms with Crippen LogP contribution in [0.25, 0.3) is 10.9 Å². The van der Waals surface area contributed by atoms with Gasteiger partial charge in [-0.3, -0.25) is 4.79 Å². The van der Waals surface area contributed by atoms with Gasteiger partial charge in [-0.1, -0.05) is 0 Å². The Morgan fingerprint density at radius 2 is 1.98 bits per heavy atom. The van der Waals surface area contributed by atoms with Gasteiger partial charge < -0.3 is 33.6 Å². The molecule has 5 rings (SSSR count). The van der Waals surface area contributed by atoms with Crippen LogP contribution in [-0.4, -0.2) is 68.7 Å². The molecule has 3 heterocycles. The van der Waals surface area contributed by atoms with Gasteiger partial charge in [0, 0.05) is 37.9 Å². The third-order valence-electron chi connectivity index (χ3n) is 7.50. The second-order valence-corrected chi connectivity index (χ2v) is 11.4. The van der Waals surface area contributed by atoms with E-state index in [1.165, 1.54) is 13.3 Å². The fourth-order valence-electron chi connectivity index (χ4n) is 5.69. The van der Waals surface area contributed by atoms with E-state index in [4.69, 9.17) is 14.2 Å². The fraction of sp³-hybridized carbons (Fsp3) is 0.577. The van der Waals surface area contributed by atoms with Crippen LogP contribution >= 0.6 is 0 Å². The first-order chi connectivity index (χ1) is 18.8. The molecule has 1 aromatic heterocycles. The van der Waals surface area contributed by atoms with Crippen molar-refractivity contribution in [2.45, 2.75) is 57.3 Å². The third kappa shape index (κ3) is 5.20. The molecule has 3 fully saturated rings. The maximum atomic E-state index is 15.9. The molecule has 1 amide bonds. The van der Waals surface area contributed by atoms with Gasteiger partial charge >= 0.3 is 19.5 Å². The van der Waals surface area contributed by atoms with E-state index in [1.54, 1.807) is 30.2 Å². The summed E-state index contributed by atoms with van der Waals surface area (Å²) in [5, 5.41) is 2.60. The molecule has 216 valence electrons. The summed E-state index contributed by atoms with van der Waals surface area (Å²) in [6.07, 6.45) is 2.74. The molecule has 2 saturated heterocycles. The standard InChI is InChI=1S/C26H31BF3N3O7/c1-25(2,3)39-24(36)31-12-26-13-32(10-14(26)7-8-38-26)20-18(28)9-16-19(22(20)37-4)33(15-5-6-15)11-17(21(16)34)23(35)40-27(29)30/h9,11,14-15H,5-8,10,12-13H2,1-4H3,(H,31,36). The molecule has 1 aliphatic carbocycles. The van der Waals surface area contributed by atoms with E-state index in [0.29, 0.717) is 19.6 Å². The summed E-state index contributed by atoms with van der Waals surface area (Å²) in [6, 6.07) is 0.882. The minimum Gasteiger partial charge on any atom is -0.492 e. The molecule has 14 heteroatoms. The number of aromatic nitrogens is 1. The number of nitrogens with one attached hydrogen (secondary N) is 1. The van der Waals surface area contributed by atoms with Crippen molar-refractivity contribution >= 4 is 36.1 Å². The Morgan fingerprint density at radius 1 is 1.25 bits per heavy atom. The number of methoxy groups -OCH3 is 1. The van der Waals surface area contributed by atoms with Gasteiger partial charge in [-0.15, -0.1) is 0 Å². The molecular weight excluding hydrogens is 534 g/mol. The number of pyridine rings is 1. The quantitative estimate of drug-likeness (QED) is 0.507. The van der Waals surface area contributed by atoms with E-state index in [-0.39, 0.29) is 47.4 Å². The second kappa shape index (κ2) is 10.2. The van der Waals surface area contributed by atoms with Gasteiger partial charge in [0.05, 0.1) is 24.6 Å². The molecule has 0 spiro atoms. The minimum absolute atomic E-state index is 0.0284. The Labute approximate surface area is 228 Å². The van der Waals surface area contributed by atoms with Crippen LogP contribution in [0.15, 0.2) is 17.1 Å². The van der Waals surface area contributed by atoms with E-state index < -0.39 is 47.5 Å². The smallest absolute Gasteiger partial charge is 0.492 e. The number of fused-ring (bicyclic) bond motifs is 2. The number of carbonyl (C=O) groups excluding carboxylic acids is 2. The Hall–Kier alpha value is -3.42. The van der Waals surface area contributed by atoms with Crippen molar-refractivity contribution in [1.82, 2.24) is 9.88 Å². The summed E-state index contributed by atoms with van der Waals surface area (Å²) in [7, 11) is -2.05. The van der Waals surface area contributed by atoms with Crippen LogP contribution in [0.1, 0.15) is 56.4 Å². The van der Waals surface area contributed by atoms with Crippen molar-refractivity contribution < 1.29 is 41.5 Å². The average molecular weight is 565 g/mol. The van der Waals surface area contributed by atoms with Crippen LogP contribution in [0.5, 0.6) is 5.75 Å². The normalized spacial score (nSPS) is 22.3. The molecule has 2 aliphatic heterocycles. The van der Waals surface area contributed by atoms with Crippen molar-refractivity contribution in [3.8, 4) is 5.75 Å². The summed E-state index contributed by atoms with van der Waals surface area (Å²) >= 11 is 0. The molecule has 1 saturated carbocycles. The highest BCUT2D eigenvalue weighted by molar-refractivity contribution is 6.38. The van der Waals surface area contributed by atoms with E-state index >= 15 is 4.39 Å². The monoisotopic (exact) mass is 565 g/mol. The zero-order valence-electron chi connectivity index (χ0n) is 22.7. The predicted octanol–water partition coefficient (Wildman–Crippen LogP) is 3.68. The predicted molar refractivity (Wildman–Crippen MR) is 140 cm³/mol. The van der Waals surface area contributed by atoms with Crippen LogP contribution in [0.4, 0.5) is 23.5 Å². The molecule has 0 bridgehead atoms. The lowest BCUT2D eigenvalue weighted by Crippen LogP contribution is -2.49. The van der Waals surface area contributed by atoms with E-state index in [0.717, 1.165) is 18.9 Å². The molecule has 10 nitrogen and oxygen atoms in total. The van der Waals surface area contributed by atoms with Gasteiger partial charge in [-0.05, 0) is 46.1 Å². The highest BCUT2D eigenvalue weighted by Gasteiger charge is 2.52. The summed E-state index contributed by atoms with van der Waals surface area (Å²) in [6.45, 7) is 6.57. The number of amides is 1. The minimum atomic E-state index is -3.40. The van der Waals surface area contributed by atoms with Crippen LogP contribution in [0.3, 0.4) is 0 Å². The van der Waals surface area contributed by atoms with Crippen molar-refractivity contribution in [1.29, 1.82) is 0 Å². The molecular formula is C26H31BF3N3O7. The van der Waals surface area contributed by atoms with E-state index in [2.05, 4.69) is 9.97 Å². The third-order valence-corrected chi connectivity index (χ3v) is 7.50. The molecule has 3 aliphatic rings. The molecule has 1 aromatic carbocycles. The van der Waals surface area contributed by atoms with Crippen molar-refractivity contribution in [2.75, 3.05) is 38.3 Å². The van der Waals surface area contributed by atoms with Crippen LogP contribution in [0, 0.1) is 11.7 Å². The summed E-state index contributed by atoms with van der Waals surface area (Å²) < 4.78 is 64.0. The highest BCUT2D eigenvalue weighted by atomic mass is 19.2. The number of rotatable bonds is 7. The van der Waals surface area contributed by atoms with Gasteiger partial charge in [-0.25, -0.2) is 22.6 Å². The highest BCUT2D eigenvalue weighted by Crippen LogP contribution is 2.47. The molecule has 40 heavy (non-hydrogen) atoms. The number of hydrogen-bond acceptors (Lipinski definition) is 8. The molecule has 2 atom stereocenters. The number of anilines is 1. The molecule has 1 N–H and O–H groups in total. The van der Waals surface area contributed by atoms with Crippen molar-refractivity contribution in [2.24, 2.45) is 5.92 Å². The van der Waals surface area contributed by atoms with E-state index in [9.17, 15) is 23.0 Å². The lowest BCUT2D eigenvalue weighted by atomic mass is 9.91. The Bertz CT molecular complexity index is 1410. The largest absolute Gasteiger partial charge is 0.798 e. The summed E-state index contributed by atoms with van der Waals surface area (Å²) in [4.78, 5) is 39.6. The Morgan fingerprint density at radius 3 is 2.60 bits per heavy atom. The fourth-order valence-corrected chi connectivity index (χ4v) is 5.69. The van der Waals surface area contributed by atoms with Gasteiger partial charge in [0.1, 0.15) is 22.5 Å². The van der Waals surface area contributed by atoms with Crippen LogP contribution in [0.2, 0.25) is 0 Å². The number of halogens is 3. The number of alkyl carbamates (subject to hydrolysis) is 1. The van der Waals surface area contributed by atoms with Gasteiger partial charge in [0.15, 0.2) is 11.6 Å². The maximum Gasteiger partial charge on any atom is 0.798 e. The zero-order chi connectivity index (χ0) is 29.0. The Kier molecular flexibility index (Phi) is 7.18. The second-order valence-electron chi connectivity index (χ2n) is 11.4. The zero-order valence-corrected chi connectivity index (χ0v) is 22.7. The SMILES string of the molecule is COc1c(N2CC3CCOC3(CNC(=O)OC(C)(C)C)C2)c(F)cc2c(=O)c(C(=O)OB(F)F)cn(C3CC3)c12. The van der Waals surface area contributed by atoms with Crippen molar-refractivity contribution in [3.63, 3.8) is 0 Å². The topological polar surface area (TPSA) is 108 Å². The average Bonchev–Trinajstić information content (AvgIpc) is 3.53. The van der Waals surface area contributed by atoms with Gasteiger partial charge in [0.25, 0.3) is 0 Å².